The summed E-state index contributed by atoms with van der Waals surface area (Å²) in [5.74, 6) is -0.0887. The summed E-state index contributed by atoms with van der Waals surface area (Å²) in [5.41, 5.74) is 1.65. The van der Waals surface area contributed by atoms with Crippen LogP contribution in [0.1, 0.15) is 25.1 Å². The van der Waals surface area contributed by atoms with Crippen molar-refractivity contribution in [3.8, 4) is 0 Å². The Bertz CT molecular complexity index is 589. The molecule has 0 aromatic carbocycles. The average Bonchev–Trinajstić information content (AvgIpc) is 2.92. The van der Waals surface area contributed by atoms with E-state index in [4.69, 9.17) is 0 Å². The highest BCUT2D eigenvalue weighted by molar-refractivity contribution is 9.10. The van der Waals surface area contributed by atoms with Gasteiger partial charge in [-0.25, -0.2) is 0 Å². The zero-order valence-corrected chi connectivity index (χ0v) is 12.7. The van der Waals surface area contributed by atoms with Gasteiger partial charge in [-0.3, -0.25) is 14.2 Å². The predicted molar refractivity (Wildman–Crippen MR) is 75.8 cm³/mol. The highest BCUT2D eigenvalue weighted by Gasteiger charge is 2.20. The van der Waals surface area contributed by atoms with E-state index in [0.29, 0.717) is 6.42 Å². The molecule has 1 amide bonds. The summed E-state index contributed by atoms with van der Waals surface area (Å²) in [5, 5.41) is 11.2. The fourth-order valence-electron chi connectivity index (χ4n) is 1.82. The van der Waals surface area contributed by atoms with Crippen molar-refractivity contribution in [2.45, 2.75) is 26.3 Å². The van der Waals surface area contributed by atoms with Gasteiger partial charge in [0.15, 0.2) is 0 Å². The van der Waals surface area contributed by atoms with Gasteiger partial charge in [0.1, 0.15) is 6.04 Å². The van der Waals surface area contributed by atoms with Crippen LogP contribution in [0.3, 0.4) is 0 Å². The normalized spacial score (nSPS) is 12.4. The van der Waals surface area contributed by atoms with Crippen molar-refractivity contribution in [1.82, 2.24) is 19.6 Å². The average molecular weight is 326 g/mol. The van der Waals surface area contributed by atoms with Gasteiger partial charge >= 0.3 is 0 Å². The van der Waals surface area contributed by atoms with Gasteiger partial charge in [-0.2, -0.15) is 10.2 Å². The molecule has 2 aromatic heterocycles. The molecule has 2 aromatic rings. The standard InChI is InChI=1S/C12H16BrN5O/c1-4-11(18-7-9(13)5-15-18)12(19)16-10-6-14-17(3)8(10)2/h5-7,11H,4H2,1-3H3,(H,16,19). The maximum Gasteiger partial charge on any atom is 0.249 e. The van der Waals surface area contributed by atoms with E-state index in [1.54, 1.807) is 28.0 Å². The van der Waals surface area contributed by atoms with Gasteiger partial charge in [-0.05, 0) is 29.3 Å². The molecule has 0 radical (unpaired) electrons. The van der Waals surface area contributed by atoms with Crippen molar-refractivity contribution in [2.75, 3.05) is 5.32 Å². The quantitative estimate of drug-likeness (QED) is 0.937. The number of aromatic nitrogens is 4. The van der Waals surface area contributed by atoms with E-state index >= 15 is 0 Å². The Morgan fingerprint density at radius 1 is 1.47 bits per heavy atom. The number of rotatable bonds is 4. The van der Waals surface area contributed by atoms with Crippen molar-refractivity contribution in [2.24, 2.45) is 7.05 Å². The van der Waals surface area contributed by atoms with E-state index in [0.717, 1.165) is 15.9 Å². The minimum Gasteiger partial charge on any atom is -0.321 e. The van der Waals surface area contributed by atoms with Crippen LogP contribution in [0.15, 0.2) is 23.1 Å². The first-order valence-electron chi connectivity index (χ1n) is 6.02. The Labute approximate surface area is 119 Å². The Morgan fingerprint density at radius 2 is 2.21 bits per heavy atom. The number of nitrogens with one attached hydrogen (secondary N) is 1. The van der Waals surface area contributed by atoms with Gasteiger partial charge in [0.05, 0.1) is 28.2 Å². The van der Waals surface area contributed by atoms with Crippen LogP contribution in [-0.4, -0.2) is 25.5 Å². The topological polar surface area (TPSA) is 64.7 Å². The number of anilines is 1. The predicted octanol–water partition coefficient (Wildman–Crippen LogP) is 2.28. The van der Waals surface area contributed by atoms with Crippen LogP contribution < -0.4 is 5.32 Å². The molecule has 0 saturated heterocycles. The maximum absolute atomic E-state index is 12.3. The minimum absolute atomic E-state index is 0.0887. The second kappa shape index (κ2) is 5.56. The van der Waals surface area contributed by atoms with Crippen LogP contribution in [0.2, 0.25) is 0 Å². The molecular weight excluding hydrogens is 310 g/mol. The van der Waals surface area contributed by atoms with E-state index in [9.17, 15) is 4.79 Å². The summed E-state index contributed by atoms with van der Waals surface area (Å²) in [4.78, 5) is 12.3. The van der Waals surface area contributed by atoms with Crippen LogP contribution in [0.25, 0.3) is 0 Å². The first kappa shape index (κ1) is 13.8. The molecule has 0 spiro atoms. The second-order valence-corrected chi connectivity index (χ2v) is 5.23. The largest absolute Gasteiger partial charge is 0.321 e. The number of carbonyl (C=O) groups excluding carboxylic acids is 1. The highest BCUT2D eigenvalue weighted by atomic mass is 79.9. The number of hydrogen-bond acceptors (Lipinski definition) is 3. The number of aryl methyl sites for hydroxylation is 1. The van der Waals surface area contributed by atoms with Crippen molar-refractivity contribution in [3.63, 3.8) is 0 Å². The SMILES string of the molecule is CCC(C(=O)Nc1cnn(C)c1C)n1cc(Br)cn1. The van der Waals surface area contributed by atoms with Crippen molar-refractivity contribution in [3.05, 3.63) is 28.8 Å². The maximum atomic E-state index is 12.3. The fourth-order valence-corrected chi connectivity index (χ4v) is 2.12. The van der Waals surface area contributed by atoms with Crippen LogP contribution in [0, 0.1) is 6.92 Å². The molecule has 0 fully saturated rings. The Balaban J connectivity index is 2.16. The first-order valence-corrected chi connectivity index (χ1v) is 6.81. The van der Waals surface area contributed by atoms with Crippen LogP contribution in [-0.2, 0) is 11.8 Å². The molecule has 7 heteroatoms. The van der Waals surface area contributed by atoms with Crippen LogP contribution in [0.5, 0.6) is 0 Å². The molecule has 0 aliphatic rings. The van der Waals surface area contributed by atoms with E-state index in [1.165, 1.54) is 0 Å². The molecule has 102 valence electrons. The Kier molecular flexibility index (Phi) is 4.04. The summed E-state index contributed by atoms with van der Waals surface area (Å²) >= 11 is 3.33. The van der Waals surface area contributed by atoms with Crippen molar-refractivity contribution >= 4 is 27.5 Å². The molecular formula is C12H16BrN5O. The molecule has 2 heterocycles. The lowest BCUT2D eigenvalue weighted by Crippen LogP contribution is -2.26. The molecule has 1 N–H and O–H groups in total. The van der Waals surface area contributed by atoms with Gasteiger partial charge in [0.25, 0.3) is 0 Å². The highest BCUT2D eigenvalue weighted by Crippen LogP contribution is 2.19. The van der Waals surface area contributed by atoms with Gasteiger partial charge in [0.2, 0.25) is 5.91 Å². The number of carbonyl (C=O) groups is 1. The molecule has 1 atom stereocenters. The van der Waals surface area contributed by atoms with Crippen molar-refractivity contribution in [1.29, 1.82) is 0 Å². The van der Waals surface area contributed by atoms with Gasteiger partial charge in [-0.1, -0.05) is 6.92 Å². The third-order valence-electron chi connectivity index (χ3n) is 3.07. The van der Waals surface area contributed by atoms with Crippen LogP contribution in [0.4, 0.5) is 5.69 Å². The zero-order chi connectivity index (χ0) is 14.0. The molecule has 0 saturated carbocycles. The Hall–Kier alpha value is -1.63. The summed E-state index contributed by atoms with van der Waals surface area (Å²) in [6.45, 7) is 3.87. The zero-order valence-electron chi connectivity index (χ0n) is 11.1. The summed E-state index contributed by atoms with van der Waals surface area (Å²) in [6.07, 6.45) is 5.79. The minimum atomic E-state index is -0.328. The molecule has 19 heavy (non-hydrogen) atoms. The smallest absolute Gasteiger partial charge is 0.249 e. The lowest BCUT2D eigenvalue weighted by Gasteiger charge is -2.15. The van der Waals surface area contributed by atoms with Crippen LogP contribution >= 0.6 is 15.9 Å². The summed E-state index contributed by atoms with van der Waals surface area (Å²) in [7, 11) is 1.84. The molecule has 6 nitrogen and oxygen atoms in total. The van der Waals surface area contributed by atoms with Gasteiger partial charge in [-0.15, -0.1) is 0 Å². The van der Waals surface area contributed by atoms with E-state index < -0.39 is 0 Å². The molecule has 0 bridgehead atoms. The monoisotopic (exact) mass is 325 g/mol. The van der Waals surface area contributed by atoms with E-state index in [2.05, 4.69) is 31.4 Å². The summed E-state index contributed by atoms with van der Waals surface area (Å²) in [6, 6.07) is -0.328. The van der Waals surface area contributed by atoms with Gasteiger partial charge < -0.3 is 5.32 Å². The van der Waals surface area contributed by atoms with Crippen molar-refractivity contribution < 1.29 is 4.79 Å². The number of amides is 1. The molecule has 1 unspecified atom stereocenters. The lowest BCUT2D eigenvalue weighted by molar-refractivity contribution is -0.119. The fraction of sp³-hybridized carbons (Fsp3) is 0.417. The number of nitrogens with zero attached hydrogens (tertiary/aromatic N) is 4. The van der Waals surface area contributed by atoms with E-state index in [1.807, 2.05) is 20.9 Å². The molecule has 2 rings (SSSR count). The molecule has 0 aliphatic carbocycles. The number of halogens is 1. The van der Waals surface area contributed by atoms with E-state index in [-0.39, 0.29) is 11.9 Å². The third-order valence-corrected chi connectivity index (χ3v) is 3.48. The lowest BCUT2D eigenvalue weighted by atomic mass is 10.2. The Morgan fingerprint density at radius 3 is 2.68 bits per heavy atom. The second-order valence-electron chi connectivity index (χ2n) is 4.32. The summed E-state index contributed by atoms with van der Waals surface area (Å²) < 4.78 is 4.24. The first-order chi connectivity index (χ1) is 9.02. The number of hydrogen-bond donors (Lipinski definition) is 1. The van der Waals surface area contributed by atoms with Gasteiger partial charge in [0, 0.05) is 13.2 Å². The molecule has 0 aliphatic heterocycles. The third kappa shape index (κ3) is 2.86.